The third kappa shape index (κ3) is 10.3. The summed E-state index contributed by atoms with van der Waals surface area (Å²) in [5, 5.41) is 6.15. The van der Waals surface area contributed by atoms with E-state index in [0.29, 0.717) is 13.1 Å². The molecule has 0 aromatic rings. The molecule has 0 atom stereocenters. The SMILES string of the molecule is CN(C)CC(C)(C)CNC(=O)CNC(C)(C)C. The standard InChI is InChI=1S/C13H29N3O/c1-12(2,3)15-8-11(17)14-9-13(4,5)10-16(6)7/h15H,8-10H2,1-7H3,(H,14,17). The first-order chi connectivity index (χ1) is 7.52. The zero-order valence-electron chi connectivity index (χ0n) is 12.5. The van der Waals surface area contributed by atoms with Crippen molar-refractivity contribution < 1.29 is 4.79 Å². The lowest BCUT2D eigenvalue weighted by molar-refractivity contribution is -0.121. The Morgan fingerprint density at radius 3 is 2.06 bits per heavy atom. The predicted octanol–water partition coefficient (Wildman–Crippen LogP) is 1.08. The fourth-order valence-electron chi connectivity index (χ4n) is 1.66. The summed E-state index contributed by atoms with van der Waals surface area (Å²) in [6, 6.07) is 0. The smallest absolute Gasteiger partial charge is 0.233 e. The maximum atomic E-state index is 11.6. The van der Waals surface area contributed by atoms with Gasteiger partial charge in [-0.3, -0.25) is 4.79 Å². The van der Waals surface area contributed by atoms with Crippen molar-refractivity contribution in [2.75, 3.05) is 33.7 Å². The summed E-state index contributed by atoms with van der Waals surface area (Å²) < 4.78 is 0. The first-order valence-corrected chi connectivity index (χ1v) is 6.18. The highest BCUT2D eigenvalue weighted by molar-refractivity contribution is 5.78. The second-order valence-corrected chi connectivity index (χ2v) is 6.78. The van der Waals surface area contributed by atoms with Crippen molar-refractivity contribution in [3.63, 3.8) is 0 Å². The minimum absolute atomic E-state index is 0.0174. The van der Waals surface area contributed by atoms with Gasteiger partial charge in [-0.2, -0.15) is 0 Å². The van der Waals surface area contributed by atoms with Crippen molar-refractivity contribution in [3.8, 4) is 0 Å². The Hall–Kier alpha value is -0.610. The quantitative estimate of drug-likeness (QED) is 0.734. The lowest BCUT2D eigenvalue weighted by Crippen LogP contribution is -2.46. The van der Waals surface area contributed by atoms with Crippen LogP contribution in [0.2, 0.25) is 0 Å². The van der Waals surface area contributed by atoms with Crippen LogP contribution in [-0.2, 0) is 4.79 Å². The molecule has 0 aliphatic carbocycles. The van der Waals surface area contributed by atoms with Gasteiger partial charge in [0.25, 0.3) is 0 Å². The van der Waals surface area contributed by atoms with Gasteiger partial charge in [0, 0.05) is 18.6 Å². The number of hydrogen-bond donors (Lipinski definition) is 2. The van der Waals surface area contributed by atoms with Crippen LogP contribution in [0.3, 0.4) is 0 Å². The lowest BCUT2D eigenvalue weighted by Gasteiger charge is -2.28. The zero-order chi connectivity index (χ0) is 13.7. The van der Waals surface area contributed by atoms with Gasteiger partial charge in [-0.25, -0.2) is 0 Å². The van der Waals surface area contributed by atoms with E-state index in [1.807, 2.05) is 14.1 Å². The summed E-state index contributed by atoms with van der Waals surface area (Å²) in [4.78, 5) is 13.8. The molecule has 0 bridgehead atoms. The van der Waals surface area contributed by atoms with Crippen LogP contribution in [0.25, 0.3) is 0 Å². The molecule has 4 nitrogen and oxygen atoms in total. The Morgan fingerprint density at radius 1 is 1.12 bits per heavy atom. The van der Waals surface area contributed by atoms with Crippen molar-refractivity contribution in [1.82, 2.24) is 15.5 Å². The minimum atomic E-state index is -0.0174. The Bertz CT molecular complexity index is 242. The molecular formula is C13H29N3O. The molecule has 0 unspecified atom stereocenters. The van der Waals surface area contributed by atoms with Gasteiger partial charge in [-0.1, -0.05) is 13.8 Å². The first-order valence-electron chi connectivity index (χ1n) is 6.18. The molecule has 0 radical (unpaired) electrons. The van der Waals surface area contributed by atoms with Gasteiger partial charge >= 0.3 is 0 Å². The third-order valence-corrected chi connectivity index (χ3v) is 2.29. The molecule has 17 heavy (non-hydrogen) atoms. The summed E-state index contributed by atoms with van der Waals surface area (Å²) in [5.74, 6) is 0.0618. The van der Waals surface area contributed by atoms with Crippen molar-refractivity contribution in [2.24, 2.45) is 5.41 Å². The molecule has 1 amide bonds. The minimum Gasteiger partial charge on any atom is -0.354 e. The molecular weight excluding hydrogens is 214 g/mol. The fourth-order valence-corrected chi connectivity index (χ4v) is 1.66. The summed E-state index contributed by atoms with van der Waals surface area (Å²) in [7, 11) is 4.09. The molecule has 0 aromatic carbocycles. The number of amides is 1. The molecule has 2 N–H and O–H groups in total. The van der Waals surface area contributed by atoms with E-state index in [1.165, 1.54) is 0 Å². The van der Waals surface area contributed by atoms with E-state index in [1.54, 1.807) is 0 Å². The van der Waals surface area contributed by atoms with E-state index in [0.717, 1.165) is 6.54 Å². The van der Waals surface area contributed by atoms with Crippen LogP contribution in [-0.4, -0.2) is 50.1 Å². The van der Waals surface area contributed by atoms with E-state index >= 15 is 0 Å². The van der Waals surface area contributed by atoms with E-state index < -0.39 is 0 Å². The second-order valence-electron chi connectivity index (χ2n) is 6.78. The van der Waals surface area contributed by atoms with E-state index in [9.17, 15) is 4.79 Å². The van der Waals surface area contributed by atoms with Crippen molar-refractivity contribution >= 4 is 5.91 Å². The van der Waals surface area contributed by atoms with E-state index in [4.69, 9.17) is 0 Å². The van der Waals surface area contributed by atoms with Crippen LogP contribution in [0.5, 0.6) is 0 Å². The largest absolute Gasteiger partial charge is 0.354 e. The average Bonchev–Trinajstić information content (AvgIpc) is 2.08. The molecule has 4 heteroatoms. The average molecular weight is 243 g/mol. The van der Waals surface area contributed by atoms with Crippen molar-refractivity contribution in [2.45, 2.75) is 40.2 Å². The highest BCUT2D eigenvalue weighted by Crippen LogP contribution is 2.13. The number of nitrogens with one attached hydrogen (secondary N) is 2. The van der Waals surface area contributed by atoms with Gasteiger partial charge in [0.15, 0.2) is 0 Å². The Labute approximate surface area is 106 Å². The molecule has 0 aromatic heterocycles. The Kier molecular flexibility index (Phi) is 6.13. The number of hydrogen-bond acceptors (Lipinski definition) is 3. The highest BCUT2D eigenvalue weighted by atomic mass is 16.1. The molecule has 0 aliphatic heterocycles. The van der Waals surface area contributed by atoms with Gasteiger partial charge in [0.05, 0.1) is 6.54 Å². The summed E-state index contributed by atoms with van der Waals surface area (Å²) >= 11 is 0. The fraction of sp³-hybridized carbons (Fsp3) is 0.923. The van der Waals surface area contributed by atoms with Crippen LogP contribution >= 0.6 is 0 Å². The van der Waals surface area contributed by atoms with Gasteiger partial charge in [-0.05, 0) is 40.3 Å². The van der Waals surface area contributed by atoms with Gasteiger partial charge in [-0.15, -0.1) is 0 Å². The van der Waals surface area contributed by atoms with Gasteiger partial charge in [0.2, 0.25) is 5.91 Å². The molecule has 0 aliphatic rings. The van der Waals surface area contributed by atoms with Crippen LogP contribution in [0.15, 0.2) is 0 Å². The normalized spacial score (nSPS) is 12.9. The number of rotatable bonds is 6. The van der Waals surface area contributed by atoms with Crippen LogP contribution in [0, 0.1) is 5.41 Å². The highest BCUT2D eigenvalue weighted by Gasteiger charge is 2.20. The number of nitrogens with zero attached hydrogens (tertiary/aromatic N) is 1. The van der Waals surface area contributed by atoms with Crippen molar-refractivity contribution in [1.29, 1.82) is 0 Å². The molecule has 0 rings (SSSR count). The maximum absolute atomic E-state index is 11.6. The molecule has 0 saturated heterocycles. The van der Waals surface area contributed by atoms with Crippen LogP contribution in [0.1, 0.15) is 34.6 Å². The maximum Gasteiger partial charge on any atom is 0.233 e. The zero-order valence-corrected chi connectivity index (χ0v) is 12.5. The summed E-state index contributed by atoms with van der Waals surface area (Å²) in [5.41, 5.74) is 0.0807. The number of carbonyl (C=O) groups excluding carboxylic acids is 1. The molecule has 102 valence electrons. The second kappa shape index (κ2) is 6.36. The third-order valence-electron chi connectivity index (χ3n) is 2.29. The summed E-state index contributed by atoms with van der Waals surface area (Å²) in [6.07, 6.45) is 0. The predicted molar refractivity (Wildman–Crippen MR) is 73.1 cm³/mol. The Morgan fingerprint density at radius 2 is 1.65 bits per heavy atom. The molecule has 0 spiro atoms. The topological polar surface area (TPSA) is 44.4 Å². The van der Waals surface area contributed by atoms with E-state index in [-0.39, 0.29) is 16.9 Å². The lowest BCUT2D eigenvalue weighted by atomic mass is 9.93. The van der Waals surface area contributed by atoms with Crippen LogP contribution in [0.4, 0.5) is 0 Å². The summed E-state index contributed by atoms with van der Waals surface area (Å²) in [6.45, 7) is 12.5. The molecule has 0 saturated carbocycles. The van der Waals surface area contributed by atoms with E-state index in [2.05, 4.69) is 50.2 Å². The van der Waals surface area contributed by atoms with Gasteiger partial charge in [0.1, 0.15) is 0 Å². The molecule has 0 heterocycles. The molecule has 0 fully saturated rings. The first kappa shape index (κ1) is 16.4. The monoisotopic (exact) mass is 243 g/mol. The van der Waals surface area contributed by atoms with Crippen LogP contribution < -0.4 is 10.6 Å². The van der Waals surface area contributed by atoms with Crippen molar-refractivity contribution in [3.05, 3.63) is 0 Å². The van der Waals surface area contributed by atoms with Gasteiger partial charge < -0.3 is 15.5 Å². The Balaban J connectivity index is 3.91. The number of carbonyl (C=O) groups is 1.